The van der Waals surface area contributed by atoms with Gasteiger partial charge in [-0.1, -0.05) is 18.2 Å². The molecule has 1 fully saturated rings. The van der Waals surface area contributed by atoms with Crippen molar-refractivity contribution in [1.29, 1.82) is 0 Å². The molecule has 0 bridgehead atoms. The van der Waals surface area contributed by atoms with E-state index in [0.717, 1.165) is 5.39 Å². The second-order valence-corrected chi connectivity index (χ2v) is 8.01. The van der Waals surface area contributed by atoms with E-state index in [0.29, 0.717) is 12.0 Å². The molecule has 2 heterocycles. The summed E-state index contributed by atoms with van der Waals surface area (Å²) < 4.78 is 33.3. The molecule has 7 nitrogen and oxygen atoms in total. The maximum absolute atomic E-state index is 12.1. The van der Waals surface area contributed by atoms with E-state index >= 15 is 0 Å². The number of para-hydroxylation sites is 1. The van der Waals surface area contributed by atoms with Crippen LogP contribution in [0.4, 0.5) is 0 Å². The number of esters is 1. The Labute approximate surface area is 139 Å². The molecule has 3 rings (SSSR count). The molecule has 0 radical (unpaired) electrons. The Morgan fingerprint density at radius 1 is 1.33 bits per heavy atom. The Morgan fingerprint density at radius 3 is 2.75 bits per heavy atom. The average Bonchev–Trinajstić information content (AvgIpc) is 3.14. The topological polar surface area (TPSA) is 93.9 Å². The number of carbonyl (C=O) groups is 2. The van der Waals surface area contributed by atoms with E-state index in [4.69, 9.17) is 9.15 Å². The maximum Gasteiger partial charge on any atom is 0.374 e. The molecular formula is C16H17NO6S. The lowest BCUT2D eigenvalue weighted by molar-refractivity contribution is -0.134. The molecule has 1 aromatic carbocycles. The van der Waals surface area contributed by atoms with Crippen LogP contribution in [-0.4, -0.2) is 56.4 Å². The fourth-order valence-electron chi connectivity index (χ4n) is 2.67. The number of likely N-dealkylation sites (N-methyl/N-ethyl adjacent to an activating group) is 1. The molecule has 1 amide bonds. The Hall–Kier alpha value is -2.35. The van der Waals surface area contributed by atoms with Crippen LogP contribution in [0.1, 0.15) is 17.0 Å². The van der Waals surface area contributed by atoms with Crippen molar-refractivity contribution in [2.45, 2.75) is 12.5 Å². The van der Waals surface area contributed by atoms with Crippen LogP contribution in [0.15, 0.2) is 34.7 Å². The fraction of sp³-hybridized carbons (Fsp3) is 0.375. The van der Waals surface area contributed by atoms with E-state index in [2.05, 4.69) is 0 Å². The second-order valence-electron chi connectivity index (χ2n) is 5.79. The number of ether oxygens (including phenoxy) is 1. The average molecular weight is 351 g/mol. The summed E-state index contributed by atoms with van der Waals surface area (Å²) in [5, 5.41) is 0.768. The summed E-state index contributed by atoms with van der Waals surface area (Å²) in [5.74, 6) is -1.12. The summed E-state index contributed by atoms with van der Waals surface area (Å²) >= 11 is 0. The molecule has 0 saturated carbocycles. The first-order valence-electron chi connectivity index (χ1n) is 7.47. The summed E-state index contributed by atoms with van der Waals surface area (Å²) in [5.41, 5.74) is 0.559. The molecule has 1 saturated heterocycles. The van der Waals surface area contributed by atoms with Gasteiger partial charge in [0, 0.05) is 18.5 Å². The molecule has 0 N–H and O–H groups in total. The second kappa shape index (κ2) is 6.27. The number of nitrogens with zero attached hydrogens (tertiary/aromatic N) is 1. The zero-order chi connectivity index (χ0) is 17.3. The van der Waals surface area contributed by atoms with Gasteiger partial charge in [-0.25, -0.2) is 13.2 Å². The third-order valence-electron chi connectivity index (χ3n) is 4.10. The van der Waals surface area contributed by atoms with Gasteiger partial charge in [-0.2, -0.15) is 0 Å². The van der Waals surface area contributed by atoms with E-state index in [1.54, 1.807) is 24.3 Å². The quantitative estimate of drug-likeness (QED) is 0.769. The van der Waals surface area contributed by atoms with Gasteiger partial charge in [-0.15, -0.1) is 0 Å². The van der Waals surface area contributed by atoms with Crippen LogP contribution >= 0.6 is 0 Å². The largest absolute Gasteiger partial charge is 0.450 e. The molecule has 128 valence electrons. The number of carbonyl (C=O) groups excluding carboxylic acids is 2. The minimum Gasteiger partial charge on any atom is -0.450 e. The van der Waals surface area contributed by atoms with Crippen molar-refractivity contribution in [2.75, 3.05) is 25.2 Å². The van der Waals surface area contributed by atoms with Crippen molar-refractivity contribution in [3.05, 3.63) is 36.1 Å². The lowest BCUT2D eigenvalue weighted by atomic mass is 10.2. The molecule has 1 aliphatic heterocycles. The number of hydrogen-bond donors (Lipinski definition) is 0. The van der Waals surface area contributed by atoms with Gasteiger partial charge in [0.1, 0.15) is 5.58 Å². The van der Waals surface area contributed by atoms with Crippen LogP contribution in [0.3, 0.4) is 0 Å². The Kier molecular flexibility index (Phi) is 4.31. The Bertz CT molecular complexity index is 852. The van der Waals surface area contributed by atoms with Gasteiger partial charge < -0.3 is 14.1 Å². The molecule has 1 aliphatic rings. The third-order valence-corrected chi connectivity index (χ3v) is 5.85. The maximum atomic E-state index is 12.1. The van der Waals surface area contributed by atoms with E-state index < -0.39 is 28.3 Å². The zero-order valence-electron chi connectivity index (χ0n) is 13.1. The van der Waals surface area contributed by atoms with Gasteiger partial charge in [-0.3, -0.25) is 4.79 Å². The van der Waals surface area contributed by atoms with Crippen molar-refractivity contribution >= 4 is 32.7 Å². The molecule has 1 unspecified atom stereocenters. The van der Waals surface area contributed by atoms with Gasteiger partial charge >= 0.3 is 5.97 Å². The van der Waals surface area contributed by atoms with Crippen LogP contribution in [-0.2, 0) is 19.4 Å². The highest BCUT2D eigenvalue weighted by Crippen LogP contribution is 2.20. The minimum absolute atomic E-state index is 0.0232. The molecule has 1 atom stereocenters. The van der Waals surface area contributed by atoms with Crippen molar-refractivity contribution in [3.63, 3.8) is 0 Å². The molecule has 24 heavy (non-hydrogen) atoms. The third kappa shape index (κ3) is 3.43. The first-order valence-corrected chi connectivity index (χ1v) is 9.30. The first-order chi connectivity index (χ1) is 11.4. The summed E-state index contributed by atoms with van der Waals surface area (Å²) in [6.45, 7) is -0.455. The SMILES string of the molecule is CN(C(=O)COC(=O)c1cc2ccccc2o1)C1CCS(=O)(=O)C1. The van der Waals surface area contributed by atoms with Crippen molar-refractivity contribution in [2.24, 2.45) is 0 Å². The molecule has 2 aromatic rings. The Balaban J connectivity index is 1.58. The zero-order valence-corrected chi connectivity index (χ0v) is 13.9. The number of fused-ring (bicyclic) bond motifs is 1. The van der Waals surface area contributed by atoms with Gasteiger partial charge in [0.15, 0.2) is 16.4 Å². The number of rotatable bonds is 4. The van der Waals surface area contributed by atoms with E-state index in [1.165, 1.54) is 11.9 Å². The number of amides is 1. The number of hydrogen-bond acceptors (Lipinski definition) is 6. The highest BCUT2D eigenvalue weighted by atomic mass is 32.2. The lowest BCUT2D eigenvalue weighted by Gasteiger charge is -2.22. The molecule has 0 spiro atoms. The lowest BCUT2D eigenvalue weighted by Crippen LogP contribution is -2.40. The summed E-state index contributed by atoms with van der Waals surface area (Å²) in [6, 6.07) is 8.32. The van der Waals surface area contributed by atoms with Gasteiger partial charge in [0.05, 0.1) is 11.5 Å². The summed E-state index contributed by atoms with van der Waals surface area (Å²) in [4.78, 5) is 25.4. The van der Waals surface area contributed by atoms with E-state index in [9.17, 15) is 18.0 Å². The number of benzene rings is 1. The molecular weight excluding hydrogens is 334 g/mol. The van der Waals surface area contributed by atoms with Gasteiger partial charge in [0.25, 0.3) is 5.91 Å². The predicted molar refractivity (Wildman–Crippen MR) is 86.3 cm³/mol. The van der Waals surface area contributed by atoms with E-state index in [-0.39, 0.29) is 23.3 Å². The fourth-order valence-corrected chi connectivity index (χ4v) is 4.44. The number of furan rings is 1. The van der Waals surface area contributed by atoms with Crippen LogP contribution < -0.4 is 0 Å². The molecule has 8 heteroatoms. The smallest absolute Gasteiger partial charge is 0.374 e. The van der Waals surface area contributed by atoms with Crippen LogP contribution in [0.2, 0.25) is 0 Å². The van der Waals surface area contributed by atoms with Crippen molar-refractivity contribution in [1.82, 2.24) is 4.90 Å². The van der Waals surface area contributed by atoms with E-state index in [1.807, 2.05) is 6.07 Å². The highest BCUT2D eigenvalue weighted by Gasteiger charge is 2.33. The van der Waals surface area contributed by atoms with Crippen molar-refractivity contribution < 1.29 is 27.2 Å². The predicted octanol–water partition coefficient (Wildman–Crippen LogP) is 1.24. The normalized spacial score (nSPS) is 19.3. The number of sulfone groups is 1. The standard InChI is InChI=1S/C16H17NO6S/c1-17(12-6-7-24(20,21)10-12)15(18)9-22-16(19)14-8-11-4-2-3-5-13(11)23-14/h2-5,8,12H,6-7,9-10H2,1H3. The molecule has 1 aromatic heterocycles. The highest BCUT2D eigenvalue weighted by molar-refractivity contribution is 7.91. The molecule has 0 aliphatic carbocycles. The summed E-state index contributed by atoms with van der Waals surface area (Å²) in [7, 11) is -1.56. The van der Waals surface area contributed by atoms with Gasteiger partial charge in [-0.05, 0) is 18.6 Å². The first kappa shape index (κ1) is 16.5. The monoisotopic (exact) mass is 351 g/mol. The van der Waals surface area contributed by atoms with Crippen LogP contribution in [0, 0.1) is 0 Å². The Morgan fingerprint density at radius 2 is 2.08 bits per heavy atom. The van der Waals surface area contributed by atoms with Crippen LogP contribution in [0.5, 0.6) is 0 Å². The van der Waals surface area contributed by atoms with Gasteiger partial charge in [0.2, 0.25) is 5.76 Å². The minimum atomic E-state index is -3.08. The van der Waals surface area contributed by atoms with Crippen molar-refractivity contribution in [3.8, 4) is 0 Å². The van der Waals surface area contributed by atoms with Crippen LogP contribution in [0.25, 0.3) is 11.0 Å². The summed E-state index contributed by atoms with van der Waals surface area (Å²) in [6.07, 6.45) is 0.405.